The van der Waals surface area contributed by atoms with Gasteiger partial charge in [-0.15, -0.1) is 0 Å². The summed E-state index contributed by atoms with van der Waals surface area (Å²) in [6.45, 7) is 6.28. The molecule has 1 heterocycles. The molecule has 196 valence electrons. The van der Waals surface area contributed by atoms with E-state index >= 15 is 0 Å². The van der Waals surface area contributed by atoms with Crippen LogP contribution in [0.5, 0.6) is 0 Å². The number of carbonyl (C=O) groups is 2. The fourth-order valence-corrected chi connectivity index (χ4v) is 5.72. The Balaban J connectivity index is 1.50. The highest BCUT2D eigenvalue weighted by Gasteiger charge is 2.42. The molecule has 0 unspecified atom stereocenters. The van der Waals surface area contributed by atoms with Gasteiger partial charge in [-0.25, -0.2) is 0 Å². The van der Waals surface area contributed by atoms with Crippen LogP contribution in [0, 0.1) is 18.3 Å². The molecule has 2 aliphatic carbocycles. The molecule has 0 bridgehead atoms. The summed E-state index contributed by atoms with van der Waals surface area (Å²) in [6, 6.07) is 5.45. The standard InChI is InChI=1S/C28H37ClN2O5/c1-16-4-8-22(21(29)10-16)30-23(33)13-19(7-9-24(34)35)26-25(18-5-6-18)27(36-31-26)20-11-17(12-20)14-28(2,3)15-32/h4,8,10,17-20,32H,5-7,9,11-15H2,1-3H3,(H,30,33)(H,34,35)/t17?,19-,20?/m0/s1. The summed E-state index contributed by atoms with van der Waals surface area (Å²) in [5.74, 6) is 0.670. The number of amides is 1. The third kappa shape index (κ3) is 6.48. The van der Waals surface area contributed by atoms with Gasteiger partial charge < -0.3 is 20.1 Å². The van der Waals surface area contributed by atoms with Crippen molar-refractivity contribution < 1.29 is 24.3 Å². The smallest absolute Gasteiger partial charge is 0.303 e. The Hall–Kier alpha value is -2.38. The zero-order valence-electron chi connectivity index (χ0n) is 21.3. The molecule has 7 nitrogen and oxygen atoms in total. The van der Waals surface area contributed by atoms with Crippen molar-refractivity contribution in [3.8, 4) is 0 Å². The minimum atomic E-state index is -0.896. The van der Waals surface area contributed by atoms with Crippen LogP contribution >= 0.6 is 11.6 Å². The molecule has 4 rings (SSSR count). The summed E-state index contributed by atoms with van der Waals surface area (Å²) in [6.07, 6.45) is 5.49. The molecule has 1 aromatic carbocycles. The number of carboxylic acid groups (broad SMARTS) is 1. The minimum Gasteiger partial charge on any atom is -0.481 e. The molecule has 0 spiro atoms. The Bertz CT molecular complexity index is 1100. The van der Waals surface area contributed by atoms with Crippen molar-refractivity contribution >= 4 is 29.2 Å². The van der Waals surface area contributed by atoms with Crippen molar-refractivity contribution in [1.29, 1.82) is 0 Å². The molecule has 1 aromatic heterocycles. The van der Waals surface area contributed by atoms with Crippen LogP contribution in [0.1, 0.15) is 106 Å². The number of nitrogens with zero attached hydrogens (tertiary/aromatic N) is 1. The van der Waals surface area contributed by atoms with E-state index in [0.29, 0.717) is 34.9 Å². The highest BCUT2D eigenvalue weighted by molar-refractivity contribution is 6.33. The molecular weight excluding hydrogens is 480 g/mol. The molecule has 0 aliphatic heterocycles. The van der Waals surface area contributed by atoms with E-state index in [2.05, 4.69) is 24.3 Å². The van der Waals surface area contributed by atoms with Gasteiger partial charge in [-0.3, -0.25) is 9.59 Å². The van der Waals surface area contributed by atoms with Crippen LogP contribution < -0.4 is 5.32 Å². The van der Waals surface area contributed by atoms with Gasteiger partial charge >= 0.3 is 5.97 Å². The van der Waals surface area contributed by atoms with Gasteiger partial charge in [0.15, 0.2) is 0 Å². The largest absolute Gasteiger partial charge is 0.481 e. The van der Waals surface area contributed by atoms with Crippen LogP contribution in [-0.2, 0) is 9.59 Å². The van der Waals surface area contributed by atoms with Crippen molar-refractivity contribution in [3.05, 3.63) is 45.8 Å². The van der Waals surface area contributed by atoms with E-state index in [1.807, 2.05) is 13.0 Å². The van der Waals surface area contributed by atoms with Crippen LogP contribution in [0.15, 0.2) is 22.7 Å². The topological polar surface area (TPSA) is 113 Å². The lowest BCUT2D eigenvalue weighted by Crippen LogP contribution is -2.29. The fourth-order valence-electron chi connectivity index (χ4n) is 5.44. The summed E-state index contributed by atoms with van der Waals surface area (Å²) in [7, 11) is 0. The third-order valence-electron chi connectivity index (χ3n) is 7.57. The average molecular weight is 517 g/mol. The number of carbonyl (C=O) groups excluding carboxylic acids is 1. The first-order valence-corrected chi connectivity index (χ1v) is 13.3. The van der Waals surface area contributed by atoms with Crippen LogP contribution in [0.2, 0.25) is 5.02 Å². The number of hydrogen-bond donors (Lipinski definition) is 3. The van der Waals surface area contributed by atoms with Crippen molar-refractivity contribution in [2.75, 3.05) is 11.9 Å². The fraction of sp³-hybridized carbons (Fsp3) is 0.607. The molecule has 3 N–H and O–H groups in total. The predicted octanol–water partition coefficient (Wildman–Crippen LogP) is 6.39. The van der Waals surface area contributed by atoms with Gasteiger partial charge in [-0.05, 0) is 80.4 Å². The Morgan fingerprint density at radius 2 is 1.97 bits per heavy atom. The molecule has 2 aromatic rings. The van der Waals surface area contributed by atoms with Crippen LogP contribution in [0.3, 0.4) is 0 Å². The van der Waals surface area contributed by atoms with Gasteiger partial charge in [0.1, 0.15) is 5.76 Å². The number of aromatic nitrogens is 1. The Labute approximate surface area is 217 Å². The summed E-state index contributed by atoms with van der Waals surface area (Å²) >= 11 is 6.29. The Kier molecular flexibility index (Phi) is 8.10. The summed E-state index contributed by atoms with van der Waals surface area (Å²) in [4.78, 5) is 24.4. The van der Waals surface area contributed by atoms with Gasteiger partial charge in [0.05, 0.1) is 16.4 Å². The number of aliphatic hydroxyl groups excluding tert-OH is 1. The van der Waals surface area contributed by atoms with E-state index in [4.69, 9.17) is 16.1 Å². The third-order valence-corrected chi connectivity index (χ3v) is 7.88. The first-order chi connectivity index (χ1) is 17.1. The zero-order valence-corrected chi connectivity index (χ0v) is 22.1. The van der Waals surface area contributed by atoms with E-state index in [0.717, 1.165) is 54.7 Å². The quantitative estimate of drug-likeness (QED) is 0.301. The maximum absolute atomic E-state index is 13.0. The van der Waals surface area contributed by atoms with Crippen LogP contribution in [0.4, 0.5) is 5.69 Å². The van der Waals surface area contributed by atoms with E-state index in [1.165, 1.54) is 0 Å². The highest BCUT2D eigenvalue weighted by atomic mass is 35.5. The second kappa shape index (κ2) is 10.9. The van der Waals surface area contributed by atoms with Crippen LogP contribution in [-0.4, -0.2) is 33.9 Å². The SMILES string of the molecule is Cc1ccc(NC(=O)C[C@H](CCC(=O)O)c2noc(C3CC(CC(C)(C)CO)C3)c2C2CC2)c(Cl)c1. The zero-order chi connectivity index (χ0) is 26.0. The van der Waals surface area contributed by atoms with Crippen molar-refractivity contribution in [2.24, 2.45) is 11.3 Å². The normalized spacial score (nSPS) is 20.6. The van der Waals surface area contributed by atoms with E-state index in [9.17, 15) is 19.8 Å². The van der Waals surface area contributed by atoms with Crippen molar-refractivity contribution in [1.82, 2.24) is 5.16 Å². The van der Waals surface area contributed by atoms with E-state index in [1.54, 1.807) is 12.1 Å². The van der Waals surface area contributed by atoms with Gasteiger partial charge in [0.2, 0.25) is 5.91 Å². The number of anilines is 1. The van der Waals surface area contributed by atoms with Crippen LogP contribution in [0.25, 0.3) is 0 Å². The molecule has 1 amide bonds. The maximum Gasteiger partial charge on any atom is 0.303 e. The van der Waals surface area contributed by atoms with E-state index < -0.39 is 5.97 Å². The van der Waals surface area contributed by atoms with E-state index in [-0.39, 0.29) is 36.7 Å². The number of aliphatic carboxylic acids is 1. The number of aliphatic hydroxyl groups is 1. The van der Waals surface area contributed by atoms with Crippen molar-refractivity contribution in [3.63, 3.8) is 0 Å². The van der Waals surface area contributed by atoms with Gasteiger partial charge in [-0.1, -0.05) is 36.7 Å². The summed E-state index contributed by atoms with van der Waals surface area (Å²) < 4.78 is 5.93. The average Bonchev–Trinajstić information content (AvgIpc) is 3.54. The summed E-state index contributed by atoms with van der Waals surface area (Å²) in [5, 5.41) is 26.7. The number of hydrogen-bond acceptors (Lipinski definition) is 5. The molecular formula is C28H37ClN2O5. The molecule has 8 heteroatoms. The predicted molar refractivity (Wildman–Crippen MR) is 138 cm³/mol. The molecule has 0 saturated heterocycles. The highest BCUT2D eigenvalue weighted by Crippen LogP contribution is 2.53. The lowest BCUT2D eigenvalue weighted by Gasteiger charge is -2.38. The van der Waals surface area contributed by atoms with Gasteiger partial charge in [0, 0.05) is 36.8 Å². The Morgan fingerprint density at radius 1 is 1.25 bits per heavy atom. The summed E-state index contributed by atoms with van der Waals surface area (Å²) in [5.41, 5.74) is 3.31. The lowest BCUT2D eigenvalue weighted by molar-refractivity contribution is -0.137. The number of carboxylic acids is 1. The van der Waals surface area contributed by atoms with Gasteiger partial charge in [-0.2, -0.15) is 0 Å². The number of nitrogens with one attached hydrogen (secondary N) is 1. The van der Waals surface area contributed by atoms with Gasteiger partial charge in [0.25, 0.3) is 0 Å². The molecule has 2 aliphatic rings. The number of aryl methyl sites for hydroxylation is 1. The Morgan fingerprint density at radius 3 is 2.58 bits per heavy atom. The first-order valence-electron chi connectivity index (χ1n) is 12.9. The molecule has 2 saturated carbocycles. The second-order valence-electron chi connectivity index (χ2n) is 11.5. The monoisotopic (exact) mass is 516 g/mol. The number of benzene rings is 1. The molecule has 1 atom stereocenters. The maximum atomic E-state index is 13.0. The molecule has 2 fully saturated rings. The molecule has 0 radical (unpaired) electrons. The first kappa shape index (κ1) is 26.7. The molecule has 36 heavy (non-hydrogen) atoms. The minimum absolute atomic E-state index is 0.0444. The lowest BCUT2D eigenvalue weighted by atomic mass is 9.66. The number of halogens is 1. The van der Waals surface area contributed by atoms with Crippen molar-refractivity contribution in [2.45, 2.75) is 89.9 Å². The number of rotatable bonds is 12. The second-order valence-corrected chi connectivity index (χ2v) is 12.0.